The normalized spacial score (nSPS) is 27.9. The molecule has 50 heavy (non-hydrogen) atoms. The lowest BCUT2D eigenvalue weighted by Gasteiger charge is -2.51. The van der Waals surface area contributed by atoms with Crippen LogP contribution >= 0.6 is 0 Å². The maximum atomic E-state index is 12.1. The van der Waals surface area contributed by atoms with Crippen molar-refractivity contribution in [3.8, 4) is 0 Å². The molecule has 0 spiro atoms. The highest BCUT2D eigenvalue weighted by atomic mass is 16.3. The maximum absolute atomic E-state index is 12.1. The summed E-state index contributed by atoms with van der Waals surface area (Å²) in [5, 5.41) is 24.2. The fourth-order valence-electron chi connectivity index (χ4n) is 10.0. The number of aliphatic hydroxyl groups is 2. The van der Waals surface area contributed by atoms with Crippen LogP contribution in [0.5, 0.6) is 0 Å². The van der Waals surface area contributed by atoms with Crippen molar-refractivity contribution >= 4 is 0 Å². The summed E-state index contributed by atoms with van der Waals surface area (Å²) >= 11 is 0. The monoisotopic (exact) mass is 670 g/mol. The minimum absolute atomic E-state index is 0.317. The van der Waals surface area contributed by atoms with E-state index < -0.39 is 11.2 Å². The highest BCUT2D eigenvalue weighted by Crippen LogP contribution is 2.47. The molecule has 6 aliphatic heterocycles. The van der Waals surface area contributed by atoms with Gasteiger partial charge in [0.1, 0.15) is 0 Å². The minimum atomic E-state index is -0.787. The second-order valence-electron chi connectivity index (χ2n) is 16.3. The van der Waals surface area contributed by atoms with Crippen molar-refractivity contribution in [2.75, 3.05) is 39.3 Å². The van der Waals surface area contributed by atoms with Crippen LogP contribution in [0.25, 0.3) is 0 Å². The van der Waals surface area contributed by atoms with Crippen LogP contribution in [0.4, 0.5) is 0 Å². The molecule has 264 valence electrons. The van der Waals surface area contributed by atoms with E-state index >= 15 is 0 Å². The van der Waals surface area contributed by atoms with E-state index in [1.54, 1.807) is 0 Å². The topological polar surface area (TPSA) is 46.9 Å². The van der Waals surface area contributed by atoms with Crippen molar-refractivity contribution < 1.29 is 10.2 Å². The molecule has 0 amide bonds. The van der Waals surface area contributed by atoms with Crippen molar-refractivity contribution in [2.24, 2.45) is 23.7 Å². The summed E-state index contributed by atoms with van der Waals surface area (Å²) in [6.07, 6.45) is 6.32. The lowest BCUT2D eigenvalue weighted by atomic mass is 9.65. The molecular formula is C46H58N2O2. The van der Waals surface area contributed by atoms with E-state index in [0.717, 1.165) is 24.2 Å². The summed E-state index contributed by atoms with van der Waals surface area (Å²) in [7, 11) is 0. The molecule has 0 saturated carbocycles. The number of hydrogen-bond acceptors (Lipinski definition) is 4. The van der Waals surface area contributed by atoms with Crippen LogP contribution in [-0.4, -0.2) is 59.3 Å². The van der Waals surface area contributed by atoms with Crippen LogP contribution in [0.2, 0.25) is 0 Å². The third kappa shape index (κ3) is 7.23. The standard InChI is InChI=1S/2C23H29NO/c2*1-17-7-9-19(10-8-17)15-23(25,21-6-4-3-5-18(21)2)22-16-24-13-11-20(22)12-14-24/h2*3-10,20,22,25H,11-16H2,1-2H3. The van der Waals surface area contributed by atoms with E-state index in [1.807, 2.05) is 0 Å². The molecule has 6 heterocycles. The van der Waals surface area contributed by atoms with Crippen LogP contribution in [0, 0.1) is 51.4 Å². The first-order chi connectivity index (χ1) is 24.1. The van der Waals surface area contributed by atoms with E-state index in [2.05, 4.69) is 135 Å². The Balaban J connectivity index is 0.000000157. The van der Waals surface area contributed by atoms with Gasteiger partial charge in [-0.05, 0) is 125 Å². The molecule has 4 aromatic carbocycles. The second kappa shape index (κ2) is 14.8. The number of piperidine rings is 6. The number of aryl methyl sites for hydroxylation is 4. The SMILES string of the molecule is Cc1ccc(CC(O)(c2ccccc2C)C2CN3CCC2CC3)cc1.Cc1ccc(CC(O)(c2ccccc2C)C2CN3CCC2CC3)cc1. The van der Waals surface area contributed by atoms with E-state index in [4.69, 9.17) is 0 Å². The van der Waals surface area contributed by atoms with Gasteiger partial charge >= 0.3 is 0 Å². The summed E-state index contributed by atoms with van der Waals surface area (Å²) in [4.78, 5) is 5.09. The Labute approximate surface area is 301 Å². The Kier molecular flexibility index (Phi) is 10.4. The predicted molar refractivity (Wildman–Crippen MR) is 205 cm³/mol. The highest BCUT2D eigenvalue weighted by Gasteiger charge is 2.49. The second-order valence-corrected chi connectivity index (χ2v) is 16.3. The fourth-order valence-corrected chi connectivity index (χ4v) is 10.0. The van der Waals surface area contributed by atoms with Crippen LogP contribution in [0.3, 0.4) is 0 Å². The van der Waals surface area contributed by atoms with Gasteiger partial charge in [-0.25, -0.2) is 0 Å². The number of nitrogens with zero attached hydrogens (tertiary/aromatic N) is 2. The molecule has 4 aromatic rings. The fraction of sp³-hybridized carbons (Fsp3) is 0.478. The molecule has 4 atom stereocenters. The van der Waals surface area contributed by atoms with Crippen LogP contribution in [-0.2, 0) is 24.0 Å². The number of benzene rings is 4. The van der Waals surface area contributed by atoms with Crippen LogP contribution < -0.4 is 0 Å². The average molecular weight is 671 g/mol. The first kappa shape index (κ1) is 35.1. The number of hydrogen-bond donors (Lipinski definition) is 2. The van der Waals surface area contributed by atoms with Gasteiger partial charge in [-0.1, -0.05) is 108 Å². The molecule has 0 aliphatic carbocycles. The molecular weight excluding hydrogens is 613 g/mol. The summed E-state index contributed by atoms with van der Waals surface area (Å²) < 4.78 is 0. The molecule has 6 saturated heterocycles. The van der Waals surface area contributed by atoms with Crippen LogP contribution in [0.15, 0.2) is 97.1 Å². The Morgan fingerprint density at radius 1 is 0.500 bits per heavy atom. The largest absolute Gasteiger partial charge is 0.384 e. The van der Waals surface area contributed by atoms with Gasteiger partial charge in [0.05, 0.1) is 11.2 Å². The molecule has 4 unspecified atom stereocenters. The zero-order valence-corrected chi connectivity index (χ0v) is 30.8. The molecule has 6 aliphatic rings. The van der Waals surface area contributed by atoms with E-state index in [0.29, 0.717) is 36.5 Å². The molecule has 0 radical (unpaired) electrons. The Morgan fingerprint density at radius 3 is 1.14 bits per heavy atom. The number of fused-ring (bicyclic) bond motifs is 6. The van der Waals surface area contributed by atoms with Crippen molar-refractivity contribution in [1.82, 2.24) is 9.80 Å². The van der Waals surface area contributed by atoms with Crippen LogP contribution in [0.1, 0.15) is 70.2 Å². The highest BCUT2D eigenvalue weighted by molar-refractivity contribution is 5.37. The summed E-state index contributed by atoms with van der Waals surface area (Å²) in [6, 6.07) is 34.2. The third-order valence-electron chi connectivity index (χ3n) is 13.0. The van der Waals surface area contributed by atoms with Gasteiger partial charge in [-0.2, -0.15) is 0 Å². The van der Waals surface area contributed by atoms with Gasteiger partial charge in [0, 0.05) is 37.8 Å². The summed E-state index contributed by atoms with van der Waals surface area (Å²) in [5.41, 5.74) is 8.07. The Morgan fingerprint density at radius 2 is 0.840 bits per heavy atom. The van der Waals surface area contributed by atoms with Crippen molar-refractivity contribution in [3.05, 3.63) is 142 Å². The Bertz CT molecular complexity index is 1590. The molecule has 4 bridgehead atoms. The number of rotatable bonds is 8. The zero-order valence-electron chi connectivity index (χ0n) is 30.8. The van der Waals surface area contributed by atoms with Gasteiger partial charge in [-0.15, -0.1) is 0 Å². The van der Waals surface area contributed by atoms with Crippen molar-refractivity contribution in [1.29, 1.82) is 0 Å². The van der Waals surface area contributed by atoms with Gasteiger partial charge in [0.25, 0.3) is 0 Å². The van der Waals surface area contributed by atoms with Gasteiger partial charge in [-0.3, -0.25) is 0 Å². The van der Waals surface area contributed by atoms with Crippen molar-refractivity contribution in [3.63, 3.8) is 0 Å². The molecule has 4 nitrogen and oxygen atoms in total. The first-order valence-electron chi connectivity index (χ1n) is 19.2. The third-order valence-corrected chi connectivity index (χ3v) is 13.0. The zero-order chi connectivity index (χ0) is 34.9. The molecule has 4 heteroatoms. The van der Waals surface area contributed by atoms with Gasteiger partial charge in [0.2, 0.25) is 0 Å². The molecule has 6 fully saturated rings. The lowest BCUT2D eigenvalue weighted by Crippen LogP contribution is -2.56. The Hall–Kier alpha value is -3.28. The predicted octanol–water partition coefficient (Wildman–Crippen LogP) is 8.15. The smallest absolute Gasteiger partial charge is 0.0982 e. The van der Waals surface area contributed by atoms with E-state index in [-0.39, 0.29) is 0 Å². The lowest BCUT2D eigenvalue weighted by molar-refractivity contribution is -0.102. The quantitative estimate of drug-likeness (QED) is 0.199. The summed E-state index contributed by atoms with van der Waals surface area (Å²) in [6.45, 7) is 15.4. The molecule has 10 rings (SSSR count). The van der Waals surface area contributed by atoms with E-state index in [1.165, 1.54) is 85.2 Å². The minimum Gasteiger partial charge on any atom is -0.384 e. The maximum Gasteiger partial charge on any atom is 0.0982 e. The molecule has 2 N–H and O–H groups in total. The van der Waals surface area contributed by atoms with Crippen molar-refractivity contribution in [2.45, 2.75) is 77.4 Å². The van der Waals surface area contributed by atoms with E-state index in [9.17, 15) is 10.2 Å². The molecule has 0 aromatic heterocycles. The van der Waals surface area contributed by atoms with Gasteiger partial charge < -0.3 is 20.0 Å². The first-order valence-corrected chi connectivity index (χ1v) is 19.2. The summed E-state index contributed by atoms with van der Waals surface area (Å²) in [5.74, 6) is 1.91. The van der Waals surface area contributed by atoms with Gasteiger partial charge in [0.15, 0.2) is 0 Å². The average Bonchev–Trinajstić information content (AvgIpc) is 3.15.